The standard InChI is InChI=1S/C17H17ClINO/c1-3-11-8-9-15(18)14(4-2)16(11)20-17(21)12-6-5-7-13(19)10-12/h5-10H,3-4H2,1-2H3,(H,20,21). The lowest BCUT2D eigenvalue weighted by Crippen LogP contribution is -2.15. The first-order chi connectivity index (χ1) is 10.1. The molecule has 0 aliphatic carbocycles. The molecule has 2 aromatic rings. The van der Waals surface area contributed by atoms with E-state index in [1.807, 2.05) is 43.3 Å². The number of carbonyl (C=O) groups is 1. The minimum Gasteiger partial charge on any atom is -0.321 e. The second kappa shape index (κ2) is 7.27. The lowest BCUT2D eigenvalue weighted by Gasteiger charge is -2.16. The van der Waals surface area contributed by atoms with Crippen molar-refractivity contribution in [3.63, 3.8) is 0 Å². The van der Waals surface area contributed by atoms with Crippen LogP contribution in [0.2, 0.25) is 5.02 Å². The number of rotatable bonds is 4. The topological polar surface area (TPSA) is 29.1 Å². The predicted octanol–water partition coefficient (Wildman–Crippen LogP) is 5.32. The normalized spacial score (nSPS) is 10.5. The molecule has 0 aromatic heterocycles. The molecular formula is C17H17ClINO. The summed E-state index contributed by atoms with van der Waals surface area (Å²) in [4.78, 5) is 12.5. The van der Waals surface area contributed by atoms with E-state index in [1.54, 1.807) is 0 Å². The van der Waals surface area contributed by atoms with Crippen molar-refractivity contribution in [1.29, 1.82) is 0 Å². The zero-order valence-corrected chi connectivity index (χ0v) is 15.0. The van der Waals surface area contributed by atoms with Crippen molar-refractivity contribution < 1.29 is 4.79 Å². The van der Waals surface area contributed by atoms with Crippen molar-refractivity contribution in [2.24, 2.45) is 0 Å². The lowest BCUT2D eigenvalue weighted by molar-refractivity contribution is 0.102. The molecular weight excluding hydrogens is 397 g/mol. The van der Waals surface area contributed by atoms with Crippen molar-refractivity contribution in [2.75, 3.05) is 5.32 Å². The van der Waals surface area contributed by atoms with Gasteiger partial charge in [0.1, 0.15) is 0 Å². The largest absolute Gasteiger partial charge is 0.321 e. The van der Waals surface area contributed by atoms with Crippen LogP contribution in [0.4, 0.5) is 5.69 Å². The Morgan fingerprint density at radius 3 is 2.57 bits per heavy atom. The van der Waals surface area contributed by atoms with Crippen LogP contribution in [0, 0.1) is 3.57 Å². The average molecular weight is 414 g/mol. The maximum absolute atomic E-state index is 12.5. The summed E-state index contributed by atoms with van der Waals surface area (Å²) >= 11 is 8.46. The van der Waals surface area contributed by atoms with Gasteiger partial charge in [-0.1, -0.05) is 37.6 Å². The van der Waals surface area contributed by atoms with Crippen molar-refractivity contribution in [3.8, 4) is 0 Å². The minimum atomic E-state index is -0.0971. The summed E-state index contributed by atoms with van der Waals surface area (Å²) in [5.41, 5.74) is 3.62. The van der Waals surface area contributed by atoms with Gasteiger partial charge < -0.3 is 5.32 Å². The highest BCUT2D eigenvalue weighted by Gasteiger charge is 2.14. The van der Waals surface area contributed by atoms with E-state index in [2.05, 4.69) is 34.8 Å². The number of aryl methyl sites for hydroxylation is 1. The third kappa shape index (κ3) is 3.77. The molecule has 1 N–H and O–H groups in total. The van der Waals surface area contributed by atoms with E-state index in [0.29, 0.717) is 10.6 Å². The van der Waals surface area contributed by atoms with E-state index in [1.165, 1.54) is 0 Å². The Bertz CT molecular complexity index is 670. The molecule has 2 aromatic carbocycles. The maximum atomic E-state index is 12.5. The summed E-state index contributed by atoms with van der Waals surface area (Å²) in [5.74, 6) is -0.0971. The highest BCUT2D eigenvalue weighted by molar-refractivity contribution is 14.1. The monoisotopic (exact) mass is 413 g/mol. The Labute approximate surface area is 144 Å². The third-order valence-electron chi connectivity index (χ3n) is 3.40. The van der Waals surface area contributed by atoms with Gasteiger partial charge in [-0.15, -0.1) is 0 Å². The summed E-state index contributed by atoms with van der Waals surface area (Å²) in [6.07, 6.45) is 1.64. The van der Waals surface area contributed by atoms with Gasteiger partial charge in [0.25, 0.3) is 5.91 Å². The molecule has 4 heteroatoms. The number of anilines is 1. The van der Waals surface area contributed by atoms with Gasteiger partial charge >= 0.3 is 0 Å². The lowest BCUT2D eigenvalue weighted by atomic mass is 10.0. The number of benzene rings is 2. The third-order valence-corrected chi connectivity index (χ3v) is 4.43. The predicted molar refractivity (Wildman–Crippen MR) is 97.3 cm³/mol. The molecule has 0 saturated carbocycles. The van der Waals surface area contributed by atoms with Gasteiger partial charge in [-0.25, -0.2) is 0 Å². The first-order valence-electron chi connectivity index (χ1n) is 6.94. The summed E-state index contributed by atoms with van der Waals surface area (Å²) in [5, 5.41) is 3.74. The van der Waals surface area contributed by atoms with Crippen molar-refractivity contribution in [2.45, 2.75) is 26.7 Å². The fourth-order valence-electron chi connectivity index (χ4n) is 2.28. The summed E-state index contributed by atoms with van der Waals surface area (Å²) in [6, 6.07) is 11.4. The van der Waals surface area contributed by atoms with Gasteiger partial charge in [-0.3, -0.25) is 4.79 Å². The van der Waals surface area contributed by atoms with Crippen molar-refractivity contribution in [1.82, 2.24) is 0 Å². The Balaban J connectivity index is 2.38. The molecule has 0 atom stereocenters. The molecule has 0 bridgehead atoms. The van der Waals surface area contributed by atoms with Crippen LogP contribution in [0.1, 0.15) is 35.3 Å². The fourth-order valence-corrected chi connectivity index (χ4v) is 3.12. The maximum Gasteiger partial charge on any atom is 0.255 e. The number of hydrogen-bond acceptors (Lipinski definition) is 1. The Kier molecular flexibility index (Phi) is 5.65. The minimum absolute atomic E-state index is 0.0971. The van der Waals surface area contributed by atoms with Crippen LogP contribution in [-0.4, -0.2) is 5.91 Å². The molecule has 110 valence electrons. The van der Waals surface area contributed by atoms with Crippen molar-refractivity contribution in [3.05, 3.63) is 61.7 Å². The Morgan fingerprint density at radius 1 is 1.19 bits per heavy atom. The van der Waals surface area contributed by atoms with Gasteiger partial charge in [0.05, 0.1) is 0 Å². The molecule has 0 heterocycles. The van der Waals surface area contributed by atoms with Gasteiger partial charge in [0.15, 0.2) is 0 Å². The summed E-state index contributed by atoms with van der Waals surface area (Å²) < 4.78 is 1.04. The zero-order chi connectivity index (χ0) is 15.4. The number of amides is 1. The molecule has 0 saturated heterocycles. The molecule has 21 heavy (non-hydrogen) atoms. The average Bonchev–Trinajstić information content (AvgIpc) is 2.47. The number of nitrogens with one attached hydrogen (secondary N) is 1. The van der Waals surface area contributed by atoms with E-state index in [9.17, 15) is 4.79 Å². The molecule has 0 radical (unpaired) electrons. The van der Waals surface area contributed by atoms with Crippen LogP contribution >= 0.6 is 34.2 Å². The van der Waals surface area contributed by atoms with E-state index in [-0.39, 0.29) is 5.91 Å². The molecule has 0 aliphatic heterocycles. The number of carbonyl (C=O) groups excluding carboxylic acids is 1. The number of halogens is 2. The first-order valence-corrected chi connectivity index (χ1v) is 8.39. The first kappa shape index (κ1) is 16.3. The van der Waals surface area contributed by atoms with Crippen LogP contribution in [0.5, 0.6) is 0 Å². The van der Waals surface area contributed by atoms with E-state index < -0.39 is 0 Å². The van der Waals surface area contributed by atoms with Gasteiger partial charge in [-0.2, -0.15) is 0 Å². The molecule has 0 spiro atoms. The van der Waals surface area contributed by atoms with Crippen LogP contribution in [0.25, 0.3) is 0 Å². The fraction of sp³-hybridized carbons (Fsp3) is 0.235. The SMILES string of the molecule is CCc1ccc(Cl)c(CC)c1NC(=O)c1cccc(I)c1. The van der Waals surface area contributed by atoms with Crippen LogP contribution in [0.3, 0.4) is 0 Å². The molecule has 2 rings (SSSR count). The van der Waals surface area contributed by atoms with Gasteiger partial charge in [0.2, 0.25) is 0 Å². The van der Waals surface area contributed by atoms with Crippen LogP contribution in [-0.2, 0) is 12.8 Å². The quantitative estimate of drug-likeness (QED) is 0.675. The van der Waals surface area contributed by atoms with Gasteiger partial charge in [-0.05, 0) is 70.8 Å². The van der Waals surface area contributed by atoms with E-state index in [4.69, 9.17) is 11.6 Å². The second-order valence-electron chi connectivity index (χ2n) is 4.73. The van der Waals surface area contributed by atoms with Gasteiger partial charge in [0, 0.05) is 19.8 Å². The highest BCUT2D eigenvalue weighted by Crippen LogP contribution is 2.30. The highest BCUT2D eigenvalue weighted by atomic mass is 127. The molecule has 1 amide bonds. The molecule has 0 aliphatic rings. The Morgan fingerprint density at radius 2 is 1.95 bits per heavy atom. The molecule has 0 unspecified atom stereocenters. The zero-order valence-electron chi connectivity index (χ0n) is 12.0. The van der Waals surface area contributed by atoms with Crippen molar-refractivity contribution >= 4 is 45.8 Å². The molecule has 2 nitrogen and oxygen atoms in total. The second-order valence-corrected chi connectivity index (χ2v) is 6.38. The van der Waals surface area contributed by atoms with E-state index in [0.717, 1.165) is 33.2 Å². The van der Waals surface area contributed by atoms with Crippen LogP contribution in [0.15, 0.2) is 36.4 Å². The molecule has 0 fully saturated rings. The van der Waals surface area contributed by atoms with E-state index >= 15 is 0 Å². The van der Waals surface area contributed by atoms with Crippen LogP contribution < -0.4 is 5.32 Å². The Hall–Kier alpha value is -1.07. The summed E-state index contributed by atoms with van der Waals surface area (Å²) in [7, 11) is 0. The summed E-state index contributed by atoms with van der Waals surface area (Å²) in [6.45, 7) is 4.12. The number of hydrogen-bond donors (Lipinski definition) is 1. The smallest absolute Gasteiger partial charge is 0.255 e.